The summed E-state index contributed by atoms with van der Waals surface area (Å²) in [6, 6.07) is 12.2. The number of rotatable bonds is 6. The van der Waals surface area contributed by atoms with Gasteiger partial charge in [0.2, 0.25) is 0 Å². The summed E-state index contributed by atoms with van der Waals surface area (Å²) >= 11 is 0. The number of carbonyl (C=O) groups excluding carboxylic acids is 1. The monoisotopic (exact) mass is 406 g/mol. The van der Waals surface area contributed by atoms with Gasteiger partial charge in [0.1, 0.15) is 0 Å². The molecule has 0 saturated heterocycles. The van der Waals surface area contributed by atoms with Crippen LogP contribution in [0.1, 0.15) is 34.0 Å². The van der Waals surface area contributed by atoms with Crippen LogP contribution in [0.3, 0.4) is 0 Å². The molecule has 8 heteroatoms. The lowest BCUT2D eigenvalue weighted by molar-refractivity contribution is -0.137. The molecule has 0 fully saturated rings. The van der Waals surface area contributed by atoms with Gasteiger partial charge in [-0.2, -0.15) is 13.2 Å². The largest absolute Gasteiger partial charge is 0.416 e. The second-order valence-corrected chi connectivity index (χ2v) is 6.64. The first-order chi connectivity index (χ1) is 13.7. The molecule has 1 amide bonds. The number of alkyl halides is 3. The Morgan fingerprint density at radius 1 is 0.966 bits per heavy atom. The quantitative estimate of drug-likeness (QED) is 0.569. The lowest BCUT2D eigenvalue weighted by atomic mass is 10.1. The molecule has 2 N–H and O–H groups in total. The molecule has 0 aliphatic carbocycles. The second kappa shape index (κ2) is 9.95. The van der Waals surface area contributed by atoms with E-state index in [0.717, 1.165) is 23.3 Å². The van der Waals surface area contributed by atoms with Crippen molar-refractivity contribution in [2.75, 3.05) is 20.6 Å². The van der Waals surface area contributed by atoms with Gasteiger partial charge in [-0.1, -0.05) is 24.3 Å². The number of nitrogens with one attached hydrogen (secondary N) is 2. The summed E-state index contributed by atoms with van der Waals surface area (Å²) in [6.07, 6.45) is -4.34. The maximum atomic E-state index is 12.6. The highest BCUT2D eigenvalue weighted by molar-refractivity contribution is 5.93. The number of halogens is 3. The molecule has 0 unspecified atom stereocenters. The minimum absolute atomic E-state index is 0.0633. The summed E-state index contributed by atoms with van der Waals surface area (Å²) in [6.45, 7) is 3.32. The number of hydrogen-bond acceptors (Lipinski definition) is 2. The highest BCUT2D eigenvalue weighted by Gasteiger charge is 2.29. The number of hydrogen-bond donors (Lipinski definition) is 2. The fourth-order valence-corrected chi connectivity index (χ4v) is 2.52. The fraction of sp³-hybridized carbons (Fsp3) is 0.333. The van der Waals surface area contributed by atoms with E-state index in [9.17, 15) is 18.0 Å². The first-order valence-corrected chi connectivity index (χ1v) is 9.19. The van der Waals surface area contributed by atoms with Crippen LogP contribution in [-0.4, -0.2) is 37.4 Å². The van der Waals surface area contributed by atoms with E-state index in [1.165, 1.54) is 17.0 Å². The predicted molar refractivity (Wildman–Crippen MR) is 108 cm³/mol. The van der Waals surface area contributed by atoms with Gasteiger partial charge in [-0.25, -0.2) is 4.99 Å². The van der Waals surface area contributed by atoms with Gasteiger partial charge in [-0.05, 0) is 42.3 Å². The molecule has 0 spiro atoms. The molecule has 156 valence electrons. The van der Waals surface area contributed by atoms with Gasteiger partial charge in [0.15, 0.2) is 5.96 Å². The minimum Gasteiger partial charge on any atom is -0.357 e. The first kappa shape index (κ1) is 22.3. The molecule has 29 heavy (non-hydrogen) atoms. The first-order valence-electron chi connectivity index (χ1n) is 9.19. The van der Waals surface area contributed by atoms with Crippen LogP contribution >= 0.6 is 0 Å². The Bertz CT molecular complexity index is 828. The summed E-state index contributed by atoms with van der Waals surface area (Å²) in [7, 11) is 3.40. The van der Waals surface area contributed by atoms with Crippen molar-refractivity contribution in [1.82, 2.24) is 15.5 Å². The third kappa shape index (κ3) is 6.81. The van der Waals surface area contributed by atoms with Crippen LogP contribution in [-0.2, 0) is 19.3 Å². The standard InChI is InChI=1S/C21H25F3N4O/c1-4-25-20(27-14-16-7-11-18(12-8-16)21(22,23)24)26-13-15-5-9-17(10-6-15)19(29)28(2)3/h5-12H,4,13-14H2,1-3H3,(H2,25,26,27). The summed E-state index contributed by atoms with van der Waals surface area (Å²) in [5.41, 5.74) is 1.59. The molecule has 0 atom stereocenters. The van der Waals surface area contributed by atoms with Gasteiger partial charge in [-0.15, -0.1) is 0 Å². The number of aliphatic imine (C=N–C) groups is 1. The Morgan fingerprint density at radius 3 is 2.07 bits per heavy atom. The van der Waals surface area contributed by atoms with E-state index < -0.39 is 11.7 Å². The molecular weight excluding hydrogens is 381 g/mol. The summed E-state index contributed by atoms with van der Waals surface area (Å²) in [4.78, 5) is 17.9. The van der Waals surface area contributed by atoms with Gasteiger partial charge < -0.3 is 15.5 Å². The van der Waals surface area contributed by atoms with Gasteiger partial charge in [0.05, 0.1) is 12.1 Å². The molecule has 2 rings (SSSR count). The topological polar surface area (TPSA) is 56.7 Å². The maximum Gasteiger partial charge on any atom is 0.416 e. The Hall–Kier alpha value is -3.03. The van der Waals surface area contributed by atoms with Crippen LogP contribution in [0.4, 0.5) is 13.2 Å². The zero-order valence-electron chi connectivity index (χ0n) is 16.7. The van der Waals surface area contributed by atoms with Crippen LogP contribution in [0.15, 0.2) is 53.5 Å². The molecule has 2 aromatic carbocycles. The second-order valence-electron chi connectivity index (χ2n) is 6.64. The van der Waals surface area contributed by atoms with Crippen molar-refractivity contribution in [3.63, 3.8) is 0 Å². The average Bonchev–Trinajstić information content (AvgIpc) is 2.69. The molecule has 0 bridgehead atoms. The smallest absolute Gasteiger partial charge is 0.357 e. The minimum atomic E-state index is -4.34. The van der Waals surface area contributed by atoms with Crippen molar-refractivity contribution < 1.29 is 18.0 Å². The molecule has 0 aliphatic heterocycles. The molecule has 0 aliphatic rings. The lowest BCUT2D eigenvalue weighted by Crippen LogP contribution is -2.36. The third-order valence-corrected chi connectivity index (χ3v) is 4.11. The molecule has 0 aromatic heterocycles. The maximum absolute atomic E-state index is 12.6. The van der Waals surface area contributed by atoms with Crippen molar-refractivity contribution in [2.45, 2.75) is 26.2 Å². The fourth-order valence-electron chi connectivity index (χ4n) is 2.52. The number of amides is 1. The molecule has 0 radical (unpaired) electrons. The Labute approximate surface area is 168 Å². The van der Waals surface area contributed by atoms with Crippen LogP contribution in [0, 0.1) is 0 Å². The molecule has 5 nitrogen and oxygen atoms in total. The Morgan fingerprint density at radius 2 is 1.55 bits per heavy atom. The van der Waals surface area contributed by atoms with E-state index >= 15 is 0 Å². The van der Waals surface area contributed by atoms with Crippen molar-refractivity contribution in [3.05, 3.63) is 70.8 Å². The zero-order valence-corrected chi connectivity index (χ0v) is 16.7. The highest BCUT2D eigenvalue weighted by atomic mass is 19.4. The van der Waals surface area contributed by atoms with E-state index in [0.29, 0.717) is 31.2 Å². The number of benzene rings is 2. The summed E-state index contributed by atoms with van der Waals surface area (Å²) < 4.78 is 37.9. The van der Waals surface area contributed by atoms with Crippen molar-refractivity contribution in [1.29, 1.82) is 0 Å². The van der Waals surface area contributed by atoms with E-state index in [1.54, 1.807) is 26.2 Å². The van der Waals surface area contributed by atoms with E-state index in [4.69, 9.17) is 0 Å². The van der Waals surface area contributed by atoms with Gasteiger partial charge in [0, 0.05) is 32.7 Å². The van der Waals surface area contributed by atoms with Crippen LogP contribution in [0.25, 0.3) is 0 Å². The van der Waals surface area contributed by atoms with Crippen molar-refractivity contribution in [3.8, 4) is 0 Å². The van der Waals surface area contributed by atoms with Gasteiger partial charge in [0.25, 0.3) is 5.91 Å². The normalized spacial score (nSPS) is 11.9. The average molecular weight is 406 g/mol. The highest BCUT2D eigenvalue weighted by Crippen LogP contribution is 2.29. The number of nitrogens with zero attached hydrogens (tertiary/aromatic N) is 2. The van der Waals surface area contributed by atoms with Crippen LogP contribution in [0.5, 0.6) is 0 Å². The SMILES string of the molecule is CCNC(=NCc1ccc(C(=O)N(C)C)cc1)NCc1ccc(C(F)(F)F)cc1. The molecule has 0 saturated carbocycles. The van der Waals surface area contributed by atoms with E-state index in [2.05, 4.69) is 15.6 Å². The molecular formula is C21H25F3N4O. The number of carbonyl (C=O) groups is 1. The van der Waals surface area contributed by atoms with Gasteiger partial charge >= 0.3 is 6.18 Å². The van der Waals surface area contributed by atoms with Crippen molar-refractivity contribution in [2.24, 2.45) is 4.99 Å². The molecule has 2 aromatic rings. The number of guanidine groups is 1. The summed E-state index contributed by atoms with van der Waals surface area (Å²) in [5.74, 6) is 0.493. The van der Waals surface area contributed by atoms with E-state index in [1.807, 2.05) is 19.1 Å². The third-order valence-electron chi connectivity index (χ3n) is 4.11. The Balaban J connectivity index is 1.98. The Kier molecular flexibility index (Phi) is 7.64. The van der Waals surface area contributed by atoms with E-state index in [-0.39, 0.29) is 5.91 Å². The predicted octanol–water partition coefficient (Wildman–Crippen LogP) is 3.66. The van der Waals surface area contributed by atoms with Crippen molar-refractivity contribution >= 4 is 11.9 Å². The van der Waals surface area contributed by atoms with Crippen LogP contribution < -0.4 is 10.6 Å². The lowest BCUT2D eigenvalue weighted by Gasteiger charge is -2.13. The molecule has 0 heterocycles. The summed E-state index contributed by atoms with van der Waals surface area (Å²) in [5, 5.41) is 6.21. The zero-order chi connectivity index (χ0) is 21.4. The van der Waals surface area contributed by atoms with Gasteiger partial charge in [-0.3, -0.25) is 4.79 Å². The van der Waals surface area contributed by atoms with Crippen LogP contribution in [0.2, 0.25) is 0 Å².